The van der Waals surface area contributed by atoms with Gasteiger partial charge in [-0.05, 0) is 23.6 Å². The molecule has 23 heavy (non-hydrogen) atoms. The first-order valence-corrected chi connectivity index (χ1v) is 7.95. The second-order valence-corrected chi connectivity index (χ2v) is 6.12. The number of furan rings is 1. The maximum Gasteiger partial charge on any atom is 0.279 e. The average Bonchev–Trinajstić information content (AvgIpc) is 3.27. The molecule has 8 heteroatoms. The van der Waals surface area contributed by atoms with Crippen molar-refractivity contribution in [2.24, 2.45) is 5.92 Å². The first-order valence-electron chi connectivity index (χ1n) is 7.07. The summed E-state index contributed by atoms with van der Waals surface area (Å²) in [6.07, 6.45) is 1.67. The van der Waals surface area contributed by atoms with Crippen molar-refractivity contribution < 1.29 is 18.8 Å². The zero-order valence-electron chi connectivity index (χ0n) is 12.2. The van der Waals surface area contributed by atoms with E-state index in [-0.39, 0.29) is 24.1 Å². The van der Waals surface area contributed by atoms with Crippen LogP contribution >= 0.6 is 11.3 Å². The Hall–Kier alpha value is -2.61. The zero-order valence-corrected chi connectivity index (χ0v) is 13.0. The van der Waals surface area contributed by atoms with E-state index < -0.39 is 5.92 Å². The third-order valence-electron chi connectivity index (χ3n) is 3.56. The Morgan fingerprint density at radius 2 is 2.17 bits per heavy atom. The Labute approximate surface area is 136 Å². The number of nitrogens with one attached hydrogen (secondary N) is 2. The van der Waals surface area contributed by atoms with Crippen molar-refractivity contribution in [3.63, 3.8) is 0 Å². The van der Waals surface area contributed by atoms with E-state index in [1.165, 1.54) is 11.3 Å². The summed E-state index contributed by atoms with van der Waals surface area (Å²) in [6, 6.07) is 6.95. The number of hydrogen-bond acceptors (Lipinski definition) is 5. The van der Waals surface area contributed by atoms with Crippen LogP contribution in [0.2, 0.25) is 0 Å². The van der Waals surface area contributed by atoms with Crippen molar-refractivity contribution >= 4 is 29.1 Å². The number of hydrazine groups is 1. The minimum absolute atomic E-state index is 0.105. The lowest BCUT2D eigenvalue weighted by molar-refractivity contribution is -0.129. The van der Waals surface area contributed by atoms with Gasteiger partial charge in [-0.3, -0.25) is 25.2 Å². The molecule has 0 aliphatic carbocycles. The predicted octanol–water partition coefficient (Wildman–Crippen LogP) is 1.15. The van der Waals surface area contributed by atoms with Crippen molar-refractivity contribution in [1.29, 1.82) is 0 Å². The summed E-state index contributed by atoms with van der Waals surface area (Å²) < 4.78 is 5.21. The van der Waals surface area contributed by atoms with E-state index in [4.69, 9.17) is 4.42 Å². The molecular formula is C15H15N3O4S. The van der Waals surface area contributed by atoms with Gasteiger partial charge in [0.1, 0.15) is 5.76 Å². The first kappa shape index (κ1) is 15.3. The number of nitrogens with zero attached hydrogens (tertiary/aromatic N) is 1. The summed E-state index contributed by atoms with van der Waals surface area (Å²) in [4.78, 5) is 37.9. The molecule has 2 aromatic rings. The lowest BCUT2D eigenvalue weighted by Crippen LogP contribution is -2.44. The van der Waals surface area contributed by atoms with Crippen LogP contribution in [-0.4, -0.2) is 29.2 Å². The fourth-order valence-corrected chi connectivity index (χ4v) is 3.00. The number of carbonyl (C=O) groups is 3. The predicted molar refractivity (Wildman–Crippen MR) is 82.2 cm³/mol. The Kier molecular flexibility index (Phi) is 4.42. The van der Waals surface area contributed by atoms with E-state index in [2.05, 4.69) is 10.9 Å². The molecule has 1 saturated heterocycles. The van der Waals surface area contributed by atoms with E-state index in [0.29, 0.717) is 23.7 Å². The molecule has 1 fully saturated rings. The van der Waals surface area contributed by atoms with Gasteiger partial charge in [0.05, 0.1) is 23.6 Å². The highest BCUT2D eigenvalue weighted by molar-refractivity contribution is 7.12. The summed E-state index contributed by atoms with van der Waals surface area (Å²) in [5.41, 5.74) is 4.74. The highest BCUT2D eigenvalue weighted by atomic mass is 32.1. The second-order valence-electron chi connectivity index (χ2n) is 5.18. The Balaban J connectivity index is 1.50. The molecule has 3 amide bonds. The molecule has 0 bridgehead atoms. The molecule has 1 aliphatic heterocycles. The Bertz CT molecular complexity index is 696. The van der Waals surface area contributed by atoms with Crippen LogP contribution in [0.15, 0.2) is 40.3 Å². The highest BCUT2D eigenvalue weighted by Gasteiger charge is 2.34. The summed E-state index contributed by atoms with van der Waals surface area (Å²) in [7, 11) is 0. The van der Waals surface area contributed by atoms with Crippen LogP contribution in [0, 0.1) is 5.92 Å². The van der Waals surface area contributed by atoms with E-state index >= 15 is 0 Å². The molecule has 3 rings (SSSR count). The van der Waals surface area contributed by atoms with Gasteiger partial charge in [-0.25, -0.2) is 0 Å². The van der Waals surface area contributed by atoms with Gasteiger partial charge in [0.2, 0.25) is 11.8 Å². The van der Waals surface area contributed by atoms with Gasteiger partial charge in [-0.15, -0.1) is 11.3 Å². The molecule has 7 nitrogen and oxygen atoms in total. The molecule has 2 aromatic heterocycles. The number of amides is 3. The van der Waals surface area contributed by atoms with Gasteiger partial charge in [0.15, 0.2) is 0 Å². The van der Waals surface area contributed by atoms with E-state index in [9.17, 15) is 14.4 Å². The molecule has 3 heterocycles. The Morgan fingerprint density at radius 1 is 1.30 bits per heavy atom. The van der Waals surface area contributed by atoms with Crippen molar-refractivity contribution in [2.75, 3.05) is 6.54 Å². The van der Waals surface area contributed by atoms with Crippen molar-refractivity contribution in [2.45, 2.75) is 13.0 Å². The number of thiophene rings is 1. The Morgan fingerprint density at radius 3 is 2.87 bits per heavy atom. The smallest absolute Gasteiger partial charge is 0.279 e. The quantitative estimate of drug-likeness (QED) is 0.821. The monoisotopic (exact) mass is 333 g/mol. The fraction of sp³-hybridized carbons (Fsp3) is 0.267. The SMILES string of the molecule is O=C(NNC(=O)C1CC(=O)N(Cc2ccco2)C1)c1cccs1. The minimum Gasteiger partial charge on any atom is -0.467 e. The van der Waals surface area contributed by atoms with Gasteiger partial charge < -0.3 is 9.32 Å². The molecular weight excluding hydrogens is 318 g/mol. The average molecular weight is 333 g/mol. The third-order valence-corrected chi connectivity index (χ3v) is 4.42. The van der Waals surface area contributed by atoms with Gasteiger partial charge in [0, 0.05) is 13.0 Å². The standard InChI is InChI=1S/C15H15N3O4S/c19-13-7-10(8-18(13)9-11-3-1-5-22-11)14(20)16-17-15(21)12-4-2-6-23-12/h1-6,10H,7-9H2,(H,16,20)(H,17,21). The number of rotatable bonds is 4. The molecule has 0 aromatic carbocycles. The summed E-state index contributed by atoms with van der Waals surface area (Å²) in [5.74, 6) is -0.659. The number of likely N-dealkylation sites (tertiary alicyclic amines) is 1. The van der Waals surface area contributed by atoms with Gasteiger partial charge >= 0.3 is 0 Å². The summed E-state index contributed by atoms with van der Waals surface area (Å²) >= 11 is 1.28. The largest absolute Gasteiger partial charge is 0.467 e. The van der Waals surface area contributed by atoms with Crippen LogP contribution in [0.25, 0.3) is 0 Å². The van der Waals surface area contributed by atoms with E-state index in [1.807, 2.05) is 0 Å². The molecule has 120 valence electrons. The molecule has 0 spiro atoms. The zero-order chi connectivity index (χ0) is 16.2. The van der Waals surface area contributed by atoms with Crippen molar-refractivity contribution in [1.82, 2.24) is 15.8 Å². The van der Waals surface area contributed by atoms with Crippen LogP contribution in [0.3, 0.4) is 0 Å². The molecule has 0 saturated carbocycles. The molecule has 1 unspecified atom stereocenters. The lowest BCUT2D eigenvalue weighted by atomic mass is 10.1. The molecule has 0 radical (unpaired) electrons. The molecule has 1 aliphatic rings. The first-order chi connectivity index (χ1) is 11.1. The second kappa shape index (κ2) is 6.66. The normalized spacial score (nSPS) is 17.3. The molecule has 2 N–H and O–H groups in total. The maximum absolute atomic E-state index is 12.1. The van der Waals surface area contributed by atoms with Crippen LogP contribution in [0.1, 0.15) is 21.9 Å². The molecule has 1 atom stereocenters. The minimum atomic E-state index is -0.485. The maximum atomic E-state index is 12.1. The third kappa shape index (κ3) is 3.59. The van der Waals surface area contributed by atoms with Crippen LogP contribution in [0.5, 0.6) is 0 Å². The van der Waals surface area contributed by atoms with E-state index in [1.54, 1.807) is 40.8 Å². The van der Waals surface area contributed by atoms with Crippen LogP contribution in [-0.2, 0) is 16.1 Å². The highest BCUT2D eigenvalue weighted by Crippen LogP contribution is 2.20. The van der Waals surface area contributed by atoms with Crippen LogP contribution < -0.4 is 10.9 Å². The van der Waals surface area contributed by atoms with Crippen molar-refractivity contribution in [3.05, 3.63) is 46.5 Å². The summed E-state index contributed by atoms with van der Waals surface area (Å²) in [6.45, 7) is 0.650. The van der Waals surface area contributed by atoms with Gasteiger partial charge in [-0.2, -0.15) is 0 Å². The topological polar surface area (TPSA) is 91.7 Å². The van der Waals surface area contributed by atoms with E-state index in [0.717, 1.165) is 0 Å². The van der Waals surface area contributed by atoms with Crippen LogP contribution in [0.4, 0.5) is 0 Å². The summed E-state index contributed by atoms with van der Waals surface area (Å²) in [5, 5.41) is 1.78. The number of hydrogen-bond donors (Lipinski definition) is 2. The van der Waals surface area contributed by atoms with Crippen molar-refractivity contribution in [3.8, 4) is 0 Å². The lowest BCUT2D eigenvalue weighted by Gasteiger charge is -2.15. The number of carbonyl (C=O) groups excluding carboxylic acids is 3. The van der Waals surface area contributed by atoms with Gasteiger partial charge in [-0.1, -0.05) is 6.07 Å². The fourth-order valence-electron chi connectivity index (χ4n) is 2.38. The van der Waals surface area contributed by atoms with Gasteiger partial charge in [0.25, 0.3) is 5.91 Å².